The van der Waals surface area contributed by atoms with Crippen LogP contribution in [0.5, 0.6) is 0 Å². The Kier molecular flexibility index (Phi) is 6.12. The minimum absolute atomic E-state index is 0.00307. The Morgan fingerprint density at radius 2 is 2.05 bits per heavy atom. The Labute approximate surface area is 121 Å². The van der Waals surface area contributed by atoms with Crippen molar-refractivity contribution in [1.82, 2.24) is 10.6 Å². The van der Waals surface area contributed by atoms with Crippen LogP contribution in [0.1, 0.15) is 25.7 Å². The highest BCUT2D eigenvalue weighted by molar-refractivity contribution is 8.00. The zero-order chi connectivity index (χ0) is 15.2. The fraction of sp³-hybridized carbons (Fsp3) is 0.750. The summed E-state index contributed by atoms with van der Waals surface area (Å²) < 4.78 is 4.55. The van der Waals surface area contributed by atoms with Gasteiger partial charge in [-0.05, 0) is 25.5 Å². The second-order valence-corrected chi connectivity index (χ2v) is 5.99. The molecule has 7 nitrogen and oxygen atoms in total. The van der Waals surface area contributed by atoms with Crippen molar-refractivity contribution in [3.63, 3.8) is 0 Å². The monoisotopic (exact) mass is 304 g/mol. The van der Waals surface area contributed by atoms with Crippen LogP contribution in [-0.2, 0) is 14.3 Å². The second kappa shape index (κ2) is 7.37. The predicted octanol–water partition coefficient (Wildman–Crippen LogP) is 0.588. The standard InChI is InChI=1S/C12H20N2O5S/c1-19-9(15)4-3-8(10(16)17)14-11(18)13-7-12(20-2)5-6-12/h8H,3-7H2,1-2H3,(H,16,17)(H2,13,14,18)/t8-/m0/s1. The summed E-state index contributed by atoms with van der Waals surface area (Å²) in [5, 5.41) is 14.0. The average Bonchev–Trinajstić information content (AvgIpc) is 3.21. The molecule has 20 heavy (non-hydrogen) atoms. The molecule has 1 rings (SSSR count). The fourth-order valence-electron chi connectivity index (χ4n) is 1.66. The number of esters is 1. The summed E-state index contributed by atoms with van der Waals surface area (Å²) in [6.07, 6.45) is 4.05. The van der Waals surface area contributed by atoms with Crippen LogP contribution in [0.2, 0.25) is 0 Å². The van der Waals surface area contributed by atoms with E-state index in [0.29, 0.717) is 6.54 Å². The number of carboxylic acid groups (broad SMARTS) is 1. The normalized spacial score (nSPS) is 16.9. The molecule has 0 bridgehead atoms. The highest BCUT2D eigenvalue weighted by Gasteiger charge is 2.42. The van der Waals surface area contributed by atoms with E-state index in [1.54, 1.807) is 11.8 Å². The second-order valence-electron chi connectivity index (χ2n) is 4.72. The van der Waals surface area contributed by atoms with Crippen molar-refractivity contribution < 1.29 is 24.2 Å². The number of amides is 2. The lowest BCUT2D eigenvalue weighted by molar-refractivity contribution is -0.142. The van der Waals surface area contributed by atoms with Crippen LogP contribution in [0, 0.1) is 0 Å². The predicted molar refractivity (Wildman–Crippen MR) is 74.7 cm³/mol. The first-order valence-corrected chi connectivity index (χ1v) is 7.54. The number of methoxy groups -OCH3 is 1. The van der Waals surface area contributed by atoms with E-state index in [-0.39, 0.29) is 17.6 Å². The SMILES string of the molecule is COC(=O)CC[C@H](NC(=O)NCC1(SC)CC1)C(=O)O. The molecule has 0 aromatic heterocycles. The molecule has 3 N–H and O–H groups in total. The quantitative estimate of drug-likeness (QED) is 0.567. The van der Waals surface area contributed by atoms with Gasteiger partial charge in [-0.15, -0.1) is 0 Å². The Hall–Kier alpha value is -1.44. The van der Waals surface area contributed by atoms with Crippen molar-refractivity contribution >= 4 is 29.7 Å². The minimum atomic E-state index is -1.17. The first kappa shape index (κ1) is 16.6. The molecule has 0 aromatic rings. The van der Waals surface area contributed by atoms with E-state index in [0.717, 1.165) is 12.8 Å². The summed E-state index contributed by atoms with van der Waals surface area (Å²) in [6.45, 7) is 0.517. The van der Waals surface area contributed by atoms with E-state index >= 15 is 0 Å². The van der Waals surface area contributed by atoms with Crippen molar-refractivity contribution in [1.29, 1.82) is 0 Å². The number of hydrogen-bond donors (Lipinski definition) is 3. The summed E-state index contributed by atoms with van der Waals surface area (Å²) in [5.41, 5.74) is 0. The Balaban J connectivity index is 2.34. The molecule has 1 aliphatic carbocycles. The van der Waals surface area contributed by atoms with Crippen LogP contribution in [-0.4, -0.2) is 53.8 Å². The van der Waals surface area contributed by atoms with Crippen molar-refractivity contribution in [2.45, 2.75) is 36.5 Å². The smallest absolute Gasteiger partial charge is 0.326 e. The number of rotatable bonds is 8. The molecule has 0 heterocycles. The van der Waals surface area contributed by atoms with Crippen LogP contribution in [0.4, 0.5) is 4.79 Å². The molecule has 2 amide bonds. The van der Waals surface area contributed by atoms with Gasteiger partial charge in [0.15, 0.2) is 0 Å². The summed E-state index contributed by atoms with van der Waals surface area (Å²) in [6, 6.07) is -1.62. The lowest BCUT2D eigenvalue weighted by atomic mass is 10.1. The Morgan fingerprint density at radius 3 is 2.50 bits per heavy atom. The van der Waals surface area contributed by atoms with Crippen LogP contribution in [0.15, 0.2) is 0 Å². The molecule has 1 atom stereocenters. The number of urea groups is 1. The summed E-state index contributed by atoms with van der Waals surface area (Å²) in [7, 11) is 1.23. The van der Waals surface area contributed by atoms with Crippen LogP contribution >= 0.6 is 11.8 Å². The molecular weight excluding hydrogens is 284 g/mol. The molecule has 0 radical (unpaired) electrons. The van der Waals surface area contributed by atoms with Gasteiger partial charge in [-0.2, -0.15) is 11.8 Å². The first-order chi connectivity index (χ1) is 9.42. The van der Waals surface area contributed by atoms with E-state index in [1.165, 1.54) is 7.11 Å². The number of aliphatic carboxylic acids is 1. The maximum atomic E-state index is 11.7. The Morgan fingerprint density at radius 1 is 1.40 bits per heavy atom. The van der Waals surface area contributed by atoms with E-state index in [9.17, 15) is 14.4 Å². The zero-order valence-electron chi connectivity index (χ0n) is 11.6. The van der Waals surface area contributed by atoms with Gasteiger partial charge in [0.25, 0.3) is 0 Å². The van der Waals surface area contributed by atoms with Gasteiger partial charge in [0.05, 0.1) is 7.11 Å². The topological polar surface area (TPSA) is 105 Å². The molecule has 0 saturated heterocycles. The van der Waals surface area contributed by atoms with E-state index in [4.69, 9.17) is 5.11 Å². The van der Waals surface area contributed by atoms with Gasteiger partial charge < -0.3 is 20.5 Å². The van der Waals surface area contributed by atoms with E-state index in [2.05, 4.69) is 15.4 Å². The van der Waals surface area contributed by atoms with Crippen LogP contribution in [0.3, 0.4) is 0 Å². The Bertz CT molecular complexity index is 384. The maximum Gasteiger partial charge on any atom is 0.326 e. The highest BCUT2D eigenvalue weighted by Crippen LogP contribution is 2.46. The summed E-state index contributed by atoms with van der Waals surface area (Å²) in [5.74, 6) is -1.67. The van der Waals surface area contributed by atoms with Crippen molar-refractivity contribution in [3.05, 3.63) is 0 Å². The molecule has 1 saturated carbocycles. The van der Waals surface area contributed by atoms with Crippen LogP contribution in [0.25, 0.3) is 0 Å². The van der Waals surface area contributed by atoms with Crippen LogP contribution < -0.4 is 10.6 Å². The molecule has 1 aliphatic rings. The largest absolute Gasteiger partial charge is 0.480 e. The highest BCUT2D eigenvalue weighted by atomic mass is 32.2. The summed E-state index contributed by atoms with van der Waals surface area (Å²) in [4.78, 5) is 33.6. The number of nitrogens with one attached hydrogen (secondary N) is 2. The number of carboxylic acids is 1. The van der Waals surface area contributed by atoms with E-state index in [1.807, 2.05) is 6.26 Å². The molecular formula is C12H20N2O5S. The molecule has 114 valence electrons. The van der Waals surface area contributed by atoms with Gasteiger partial charge in [0.1, 0.15) is 6.04 Å². The van der Waals surface area contributed by atoms with Gasteiger partial charge in [0.2, 0.25) is 0 Å². The summed E-state index contributed by atoms with van der Waals surface area (Å²) >= 11 is 1.70. The van der Waals surface area contributed by atoms with Gasteiger partial charge in [-0.25, -0.2) is 9.59 Å². The minimum Gasteiger partial charge on any atom is -0.480 e. The maximum absolute atomic E-state index is 11.7. The van der Waals surface area contributed by atoms with Gasteiger partial charge in [-0.3, -0.25) is 4.79 Å². The molecule has 8 heteroatoms. The third-order valence-corrected chi connectivity index (χ3v) is 4.70. The number of thioether (sulfide) groups is 1. The fourth-order valence-corrected chi connectivity index (χ4v) is 2.39. The third kappa shape index (κ3) is 5.28. The molecule has 0 aromatic carbocycles. The van der Waals surface area contributed by atoms with Crippen molar-refractivity contribution in [2.24, 2.45) is 0 Å². The third-order valence-electron chi connectivity index (χ3n) is 3.28. The average molecular weight is 304 g/mol. The molecule has 1 fully saturated rings. The number of carbonyl (C=O) groups excluding carboxylic acids is 2. The van der Waals surface area contributed by atoms with Gasteiger partial charge >= 0.3 is 18.0 Å². The molecule has 0 spiro atoms. The number of hydrogen-bond acceptors (Lipinski definition) is 5. The van der Waals surface area contributed by atoms with Gasteiger partial charge in [-0.1, -0.05) is 0 Å². The molecule has 0 aliphatic heterocycles. The molecule has 0 unspecified atom stereocenters. The lowest BCUT2D eigenvalue weighted by Crippen LogP contribution is -2.47. The zero-order valence-corrected chi connectivity index (χ0v) is 12.4. The number of ether oxygens (including phenoxy) is 1. The first-order valence-electron chi connectivity index (χ1n) is 6.31. The van der Waals surface area contributed by atoms with Crippen molar-refractivity contribution in [2.75, 3.05) is 19.9 Å². The number of carbonyl (C=O) groups is 3. The van der Waals surface area contributed by atoms with E-state index < -0.39 is 24.0 Å². The lowest BCUT2D eigenvalue weighted by Gasteiger charge is -2.17. The van der Waals surface area contributed by atoms with Crippen molar-refractivity contribution in [3.8, 4) is 0 Å². The van der Waals surface area contributed by atoms with Gasteiger partial charge in [0, 0.05) is 17.7 Å².